The van der Waals surface area contributed by atoms with Gasteiger partial charge in [0.2, 0.25) is 0 Å². The third-order valence-corrected chi connectivity index (χ3v) is 6.51. The summed E-state index contributed by atoms with van der Waals surface area (Å²) in [5, 5.41) is 22.7. The van der Waals surface area contributed by atoms with Crippen LogP contribution in [0.15, 0.2) is 41.5 Å². The number of hydrogen-bond donors (Lipinski definition) is 3. The van der Waals surface area contributed by atoms with Crippen molar-refractivity contribution in [2.45, 2.75) is 70.1 Å². The second-order valence-electron chi connectivity index (χ2n) is 8.79. The van der Waals surface area contributed by atoms with E-state index in [4.69, 9.17) is 4.74 Å². The molecule has 2 aromatic rings. The third-order valence-electron chi connectivity index (χ3n) is 6.51. The highest BCUT2D eigenvalue weighted by Crippen LogP contribution is 2.41. The molecule has 170 valence electrons. The van der Waals surface area contributed by atoms with Crippen molar-refractivity contribution in [3.05, 3.63) is 53.5 Å². The minimum absolute atomic E-state index is 0.281. The van der Waals surface area contributed by atoms with Crippen LogP contribution in [0.3, 0.4) is 0 Å². The Bertz CT molecular complexity index is 1030. The minimum Gasteiger partial charge on any atom is -0.388 e. The molecule has 32 heavy (non-hydrogen) atoms. The zero-order valence-corrected chi connectivity index (χ0v) is 18.1. The van der Waals surface area contributed by atoms with Gasteiger partial charge in [-0.1, -0.05) is 12.5 Å². The van der Waals surface area contributed by atoms with E-state index in [0.29, 0.717) is 6.54 Å². The molecule has 1 aliphatic carbocycles. The summed E-state index contributed by atoms with van der Waals surface area (Å²) < 4.78 is 21.0. The number of hydrogen-bond acceptors (Lipinski definition) is 6. The van der Waals surface area contributed by atoms with Crippen molar-refractivity contribution in [3.8, 4) is 0 Å². The Morgan fingerprint density at radius 2 is 1.94 bits per heavy atom. The molecule has 1 saturated heterocycles. The predicted octanol–water partition coefficient (Wildman–Crippen LogP) is 4.12. The van der Waals surface area contributed by atoms with E-state index in [1.54, 1.807) is 25.4 Å². The van der Waals surface area contributed by atoms with Crippen molar-refractivity contribution in [3.63, 3.8) is 0 Å². The summed E-state index contributed by atoms with van der Waals surface area (Å²) >= 11 is 0. The van der Waals surface area contributed by atoms with Crippen molar-refractivity contribution < 1.29 is 19.3 Å². The second kappa shape index (κ2) is 8.69. The molecule has 4 atom stereocenters. The topological polar surface area (TPSA) is 82.2 Å². The highest BCUT2D eigenvalue weighted by Gasteiger charge is 2.43. The molecule has 3 aliphatic rings. The molecule has 0 saturated carbocycles. The van der Waals surface area contributed by atoms with Gasteiger partial charge in [-0.3, -0.25) is 10.4 Å². The fraction of sp³-hybridized carbons (Fsp3) is 0.458. The first-order valence-electron chi connectivity index (χ1n) is 11.3. The summed E-state index contributed by atoms with van der Waals surface area (Å²) in [6.45, 7) is 2.31. The summed E-state index contributed by atoms with van der Waals surface area (Å²) in [7, 11) is 0. The Hall–Kier alpha value is -2.68. The number of halogens is 1. The van der Waals surface area contributed by atoms with Gasteiger partial charge in [-0.05, 0) is 62.4 Å². The zero-order valence-electron chi connectivity index (χ0n) is 18.1. The number of aliphatic hydroxyl groups is 2. The first kappa shape index (κ1) is 21.2. The summed E-state index contributed by atoms with van der Waals surface area (Å²) in [6.07, 6.45) is 8.49. The molecule has 3 heterocycles. The van der Waals surface area contributed by atoms with E-state index in [-0.39, 0.29) is 5.82 Å². The largest absolute Gasteiger partial charge is 0.388 e. The fourth-order valence-electron chi connectivity index (χ4n) is 4.74. The molecule has 7 nitrogen and oxygen atoms in total. The molecule has 3 N–H and O–H groups in total. The van der Waals surface area contributed by atoms with Gasteiger partial charge in [0, 0.05) is 17.3 Å². The third kappa shape index (κ3) is 3.94. The van der Waals surface area contributed by atoms with E-state index >= 15 is 0 Å². The van der Waals surface area contributed by atoms with Crippen LogP contribution in [0.1, 0.15) is 56.4 Å². The lowest BCUT2D eigenvalue weighted by Crippen LogP contribution is -2.31. The molecule has 2 aliphatic heterocycles. The number of nitrogens with one attached hydrogen (secondary N) is 1. The maximum atomic E-state index is 13.3. The molecule has 1 fully saturated rings. The average molecular weight is 441 g/mol. The molecule has 1 aromatic heterocycles. The first-order chi connectivity index (χ1) is 15.5. The number of aromatic nitrogens is 1. The number of fused-ring (bicyclic) bond motifs is 1. The van der Waals surface area contributed by atoms with Gasteiger partial charge < -0.3 is 19.5 Å². The quantitative estimate of drug-likeness (QED) is 0.666. The number of anilines is 1. The molecule has 0 unspecified atom stereocenters. The van der Waals surface area contributed by atoms with Gasteiger partial charge in [-0.2, -0.15) is 0 Å². The number of aliphatic hydroxyl groups excluding tert-OH is 2. The summed E-state index contributed by atoms with van der Waals surface area (Å²) in [5.74, 6) is 0.448. The van der Waals surface area contributed by atoms with E-state index in [2.05, 4.69) is 16.5 Å². The summed E-state index contributed by atoms with van der Waals surface area (Å²) in [4.78, 5) is 4.68. The second-order valence-corrected chi connectivity index (χ2v) is 8.79. The number of benzene rings is 1. The van der Waals surface area contributed by atoms with Gasteiger partial charge in [0.1, 0.15) is 30.2 Å². The maximum Gasteiger partial charge on any atom is 0.164 e. The van der Waals surface area contributed by atoms with Crippen molar-refractivity contribution in [2.75, 3.05) is 5.43 Å². The van der Waals surface area contributed by atoms with Crippen LogP contribution < -0.4 is 5.43 Å². The van der Waals surface area contributed by atoms with E-state index in [0.717, 1.165) is 41.9 Å². The molecule has 0 amide bonds. The molecule has 8 heteroatoms. The smallest absolute Gasteiger partial charge is 0.164 e. The van der Waals surface area contributed by atoms with E-state index in [1.165, 1.54) is 30.5 Å². The minimum atomic E-state index is -1.02. The van der Waals surface area contributed by atoms with Crippen LogP contribution >= 0.6 is 0 Å². The first-order valence-corrected chi connectivity index (χ1v) is 11.3. The number of nitrogens with zero attached hydrogens (tertiary/aromatic N) is 3. The van der Waals surface area contributed by atoms with Crippen LogP contribution in [0.2, 0.25) is 0 Å². The lowest BCUT2D eigenvalue weighted by atomic mass is 9.99. The fourth-order valence-corrected chi connectivity index (χ4v) is 4.74. The highest BCUT2D eigenvalue weighted by molar-refractivity contribution is 5.77. The Balaban J connectivity index is 1.50. The monoisotopic (exact) mass is 440 g/mol. The van der Waals surface area contributed by atoms with Gasteiger partial charge in [-0.25, -0.2) is 9.38 Å². The summed E-state index contributed by atoms with van der Waals surface area (Å²) in [5.41, 5.74) is 7.46. The van der Waals surface area contributed by atoms with Gasteiger partial charge in [0.15, 0.2) is 6.23 Å². The van der Waals surface area contributed by atoms with E-state index in [1.807, 2.05) is 15.8 Å². The zero-order chi connectivity index (χ0) is 22.2. The number of rotatable bonds is 4. The van der Waals surface area contributed by atoms with Gasteiger partial charge >= 0.3 is 0 Å². The van der Waals surface area contributed by atoms with Crippen molar-refractivity contribution in [1.82, 2.24) is 9.58 Å². The SMILES string of the molecule is C[C@H]1O[C@@H](n2cc(C3=CCCCCC3)c3c2N=CN(Nc2ccc(F)cc2)C3)[C@H](O)[C@@H]1O. The lowest BCUT2D eigenvalue weighted by molar-refractivity contribution is -0.0309. The van der Waals surface area contributed by atoms with Gasteiger partial charge in [-0.15, -0.1) is 0 Å². The molecule has 0 radical (unpaired) electrons. The lowest BCUT2D eigenvalue weighted by Gasteiger charge is -2.26. The normalized spacial score (nSPS) is 27.8. The number of hydrazine groups is 1. The Morgan fingerprint density at radius 1 is 1.12 bits per heavy atom. The van der Waals surface area contributed by atoms with Crippen LogP contribution in [0.25, 0.3) is 5.57 Å². The van der Waals surface area contributed by atoms with Crippen LogP contribution in [-0.4, -0.2) is 44.4 Å². The molecular weight excluding hydrogens is 411 g/mol. The average Bonchev–Trinajstić information content (AvgIpc) is 3.12. The number of ether oxygens (including phenoxy) is 1. The highest BCUT2D eigenvalue weighted by atomic mass is 19.1. The van der Waals surface area contributed by atoms with Gasteiger partial charge in [0.25, 0.3) is 0 Å². The van der Waals surface area contributed by atoms with Crippen molar-refractivity contribution in [2.24, 2.45) is 4.99 Å². The number of aliphatic imine (C=N–C) groups is 1. The van der Waals surface area contributed by atoms with Crippen LogP contribution in [-0.2, 0) is 11.3 Å². The molecule has 1 aromatic carbocycles. The van der Waals surface area contributed by atoms with E-state index < -0.39 is 24.5 Å². The Kier molecular flexibility index (Phi) is 5.75. The maximum absolute atomic E-state index is 13.3. The van der Waals surface area contributed by atoms with Gasteiger partial charge in [0.05, 0.1) is 18.3 Å². The molecule has 5 rings (SSSR count). The molecule has 0 spiro atoms. The van der Waals surface area contributed by atoms with Crippen LogP contribution in [0.5, 0.6) is 0 Å². The van der Waals surface area contributed by atoms with Crippen LogP contribution in [0, 0.1) is 5.82 Å². The Morgan fingerprint density at radius 3 is 2.69 bits per heavy atom. The standard InChI is InChI=1S/C24H29FN4O3/c1-15-21(30)22(31)24(32-15)29-13-19(16-6-4-2-3-5-7-16)20-12-28(14-26-23(20)29)27-18-10-8-17(25)9-11-18/h6,8-11,13-15,21-22,24,27,30-31H,2-5,7,12H2,1H3/t15-,21-,22-,24-/m1/s1. The Labute approximate surface area is 186 Å². The summed E-state index contributed by atoms with van der Waals surface area (Å²) in [6, 6.07) is 6.20. The molecule has 0 bridgehead atoms. The van der Waals surface area contributed by atoms with E-state index in [9.17, 15) is 14.6 Å². The van der Waals surface area contributed by atoms with Crippen molar-refractivity contribution in [1.29, 1.82) is 0 Å². The van der Waals surface area contributed by atoms with Crippen molar-refractivity contribution >= 4 is 23.4 Å². The molecular formula is C24H29FN4O3. The van der Waals surface area contributed by atoms with Crippen LogP contribution in [0.4, 0.5) is 15.9 Å². The number of allylic oxidation sites excluding steroid dienone is 2. The predicted molar refractivity (Wildman–Crippen MR) is 121 cm³/mol.